The van der Waals surface area contributed by atoms with Crippen LogP contribution in [0.1, 0.15) is 37.7 Å². The van der Waals surface area contributed by atoms with Gasteiger partial charge in [0.1, 0.15) is 0 Å². The van der Waals surface area contributed by atoms with E-state index in [0.717, 1.165) is 36.2 Å². The summed E-state index contributed by atoms with van der Waals surface area (Å²) >= 11 is 0. The summed E-state index contributed by atoms with van der Waals surface area (Å²) in [6.45, 7) is 3.93. The fourth-order valence-electron chi connectivity index (χ4n) is 3.66. The normalized spacial score (nSPS) is 27.3. The van der Waals surface area contributed by atoms with E-state index in [1.165, 1.54) is 19.3 Å². The van der Waals surface area contributed by atoms with Crippen LogP contribution in [-0.4, -0.2) is 23.9 Å². The van der Waals surface area contributed by atoms with Crippen molar-refractivity contribution in [3.05, 3.63) is 29.8 Å². The first-order valence-electron chi connectivity index (χ1n) is 7.29. The molecule has 1 aliphatic carbocycles. The molecule has 3 heteroatoms. The summed E-state index contributed by atoms with van der Waals surface area (Å²) in [6.07, 6.45) is 3.96. The Morgan fingerprint density at radius 2 is 2.00 bits per heavy atom. The zero-order valence-corrected chi connectivity index (χ0v) is 11.5. The van der Waals surface area contributed by atoms with Gasteiger partial charge in [0.2, 0.25) is 5.91 Å². The number of hydrogen-bond acceptors (Lipinski definition) is 2. The monoisotopic (exact) mass is 258 g/mol. The van der Waals surface area contributed by atoms with Crippen molar-refractivity contribution >= 4 is 11.6 Å². The van der Waals surface area contributed by atoms with Gasteiger partial charge < -0.3 is 10.6 Å². The number of fused-ring (bicyclic) bond motifs is 1. The van der Waals surface area contributed by atoms with E-state index < -0.39 is 0 Å². The molecule has 3 atom stereocenters. The zero-order valence-electron chi connectivity index (χ0n) is 11.5. The highest BCUT2D eigenvalue weighted by Crippen LogP contribution is 2.38. The second kappa shape index (κ2) is 4.87. The van der Waals surface area contributed by atoms with E-state index in [1.807, 2.05) is 31.2 Å². The number of likely N-dealkylation sites (tertiary alicyclic amines) is 1. The SMILES string of the molecule is CC(C(=O)N1CC2CCCC2C1)c1cccc(N)c1. The van der Waals surface area contributed by atoms with Crippen molar-refractivity contribution < 1.29 is 4.79 Å². The van der Waals surface area contributed by atoms with E-state index in [0.29, 0.717) is 0 Å². The minimum absolute atomic E-state index is 0.0812. The van der Waals surface area contributed by atoms with Crippen LogP contribution in [0.25, 0.3) is 0 Å². The first-order chi connectivity index (χ1) is 9.15. The number of nitrogen functional groups attached to an aromatic ring is 1. The average Bonchev–Trinajstić information content (AvgIpc) is 2.97. The summed E-state index contributed by atoms with van der Waals surface area (Å²) < 4.78 is 0. The highest BCUT2D eigenvalue weighted by Gasteiger charge is 2.39. The molecule has 3 unspecified atom stereocenters. The van der Waals surface area contributed by atoms with Crippen molar-refractivity contribution in [2.24, 2.45) is 11.8 Å². The number of nitrogens with zero attached hydrogens (tertiary/aromatic N) is 1. The molecule has 2 N–H and O–H groups in total. The van der Waals surface area contributed by atoms with Gasteiger partial charge in [0.05, 0.1) is 5.92 Å². The van der Waals surface area contributed by atoms with Gasteiger partial charge in [-0.2, -0.15) is 0 Å². The number of anilines is 1. The minimum Gasteiger partial charge on any atom is -0.399 e. The van der Waals surface area contributed by atoms with Crippen LogP contribution >= 0.6 is 0 Å². The number of rotatable bonds is 2. The summed E-state index contributed by atoms with van der Waals surface area (Å²) in [5.74, 6) is 1.70. The zero-order chi connectivity index (χ0) is 13.4. The van der Waals surface area contributed by atoms with Gasteiger partial charge in [0, 0.05) is 18.8 Å². The van der Waals surface area contributed by atoms with Crippen LogP contribution in [-0.2, 0) is 4.79 Å². The van der Waals surface area contributed by atoms with E-state index in [9.17, 15) is 4.79 Å². The molecule has 1 saturated carbocycles. The van der Waals surface area contributed by atoms with Crippen LogP contribution in [0.2, 0.25) is 0 Å². The molecule has 0 aromatic heterocycles. The lowest BCUT2D eigenvalue weighted by atomic mass is 9.99. The maximum Gasteiger partial charge on any atom is 0.229 e. The Bertz CT molecular complexity index is 473. The van der Waals surface area contributed by atoms with E-state index in [2.05, 4.69) is 4.90 Å². The van der Waals surface area contributed by atoms with Crippen LogP contribution in [0.15, 0.2) is 24.3 Å². The Morgan fingerprint density at radius 3 is 2.63 bits per heavy atom. The van der Waals surface area contributed by atoms with Gasteiger partial charge in [0.25, 0.3) is 0 Å². The van der Waals surface area contributed by atoms with Crippen LogP contribution in [0.3, 0.4) is 0 Å². The summed E-state index contributed by atoms with van der Waals surface area (Å²) in [6, 6.07) is 7.70. The molecule has 3 nitrogen and oxygen atoms in total. The highest BCUT2D eigenvalue weighted by atomic mass is 16.2. The Balaban J connectivity index is 1.70. The molecule has 19 heavy (non-hydrogen) atoms. The third-order valence-corrected chi connectivity index (χ3v) is 4.82. The quantitative estimate of drug-likeness (QED) is 0.829. The molecule has 1 saturated heterocycles. The van der Waals surface area contributed by atoms with Crippen molar-refractivity contribution in [1.29, 1.82) is 0 Å². The van der Waals surface area contributed by atoms with Gasteiger partial charge in [-0.3, -0.25) is 4.79 Å². The van der Waals surface area contributed by atoms with Crippen LogP contribution < -0.4 is 5.73 Å². The molecule has 1 heterocycles. The fraction of sp³-hybridized carbons (Fsp3) is 0.562. The third kappa shape index (κ3) is 2.34. The number of carbonyl (C=O) groups excluding carboxylic acids is 1. The van der Waals surface area contributed by atoms with E-state index >= 15 is 0 Å². The first-order valence-corrected chi connectivity index (χ1v) is 7.29. The average molecular weight is 258 g/mol. The van der Waals surface area contributed by atoms with E-state index in [1.54, 1.807) is 0 Å². The maximum atomic E-state index is 12.6. The van der Waals surface area contributed by atoms with Gasteiger partial charge in [-0.1, -0.05) is 18.6 Å². The minimum atomic E-state index is -0.0812. The predicted octanol–water partition coefficient (Wildman–Crippen LogP) is 2.63. The molecular weight excluding hydrogens is 236 g/mol. The molecule has 1 amide bonds. The van der Waals surface area contributed by atoms with Gasteiger partial charge in [-0.15, -0.1) is 0 Å². The lowest BCUT2D eigenvalue weighted by Gasteiger charge is -2.22. The standard InChI is InChI=1S/C16H22N2O/c1-11(12-4-3-7-15(17)8-12)16(19)18-9-13-5-2-6-14(13)10-18/h3-4,7-8,11,13-14H,2,5-6,9-10,17H2,1H3. The smallest absolute Gasteiger partial charge is 0.229 e. The Labute approximate surface area is 114 Å². The lowest BCUT2D eigenvalue weighted by molar-refractivity contribution is -0.131. The first kappa shape index (κ1) is 12.5. The Morgan fingerprint density at radius 1 is 1.32 bits per heavy atom. The number of benzene rings is 1. The van der Waals surface area contributed by atoms with Crippen molar-refractivity contribution in [1.82, 2.24) is 4.90 Å². The molecule has 1 aliphatic heterocycles. The van der Waals surface area contributed by atoms with Crippen LogP contribution in [0.5, 0.6) is 0 Å². The summed E-state index contributed by atoms with van der Waals surface area (Å²) in [7, 11) is 0. The molecule has 0 radical (unpaired) electrons. The van der Waals surface area contributed by atoms with Crippen LogP contribution in [0, 0.1) is 11.8 Å². The predicted molar refractivity (Wildman–Crippen MR) is 76.7 cm³/mol. The Hall–Kier alpha value is -1.51. The van der Waals surface area contributed by atoms with Crippen molar-refractivity contribution in [2.45, 2.75) is 32.1 Å². The molecule has 102 valence electrons. The molecule has 1 aromatic carbocycles. The van der Waals surface area contributed by atoms with Crippen molar-refractivity contribution in [3.8, 4) is 0 Å². The summed E-state index contributed by atoms with van der Waals surface area (Å²) in [5, 5.41) is 0. The number of hydrogen-bond donors (Lipinski definition) is 1. The molecule has 3 rings (SSSR count). The Kier molecular flexibility index (Phi) is 3.21. The van der Waals surface area contributed by atoms with Crippen molar-refractivity contribution in [3.63, 3.8) is 0 Å². The van der Waals surface area contributed by atoms with Crippen LogP contribution in [0.4, 0.5) is 5.69 Å². The molecule has 1 aromatic rings. The highest BCUT2D eigenvalue weighted by molar-refractivity contribution is 5.84. The number of nitrogens with two attached hydrogens (primary N) is 1. The van der Waals surface area contributed by atoms with Gasteiger partial charge in [-0.25, -0.2) is 0 Å². The number of amides is 1. The lowest BCUT2D eigenvalue weighted by Crippen LogP contribution is -2.33. The van der Waals surface area contributed by atoms with Gasteiger partial charge >= 0.3 is 0 Å². The largest absolute Gasteiger partial charge is 0.399 e. The topological polar surface area (TPSA) is 46.3 Å². The second-order valence-electron chi connectivity index (χ2n) is 6.09. The molecular formula is C16H22N2O. The second-order valence-corrected chi connectivity index (χ2v) is 6.09. The number of carbonyl (C=O) groups is 1. The fourth-order valence-corrected chi connectivity index (χ4v) is 3.66. The third-order valence-electron chi connectivity index (χ3n) is 4.82. The molecule has 0 spiro atoms. The van der Waals surface area contributed by atoms with Crippen molar-refractivity contribution in [2.75, 3.05) is 18.8 Å². The van der Waals surface area contributed by atoms with E-state index in [4.69, 9.17) is 5.73 Å². The van der Waals surface area contributed by atoms with Gasteiger partial charge in [0.15, 0.2) is 0 Å². The van der Waals surface area contributed by atoms with E-state index in [-0.39, 0.29) is 11.8 Å². The summed E-state index contributed by atoms with van der Waals surface area (Å²) in [4.78, 5) is 14.6. The van der Waals surface area contributed by atoms with Gasteiger partial charge in [-0.05, 0) is 49.3 Å². The molecule has 2 fully saturated rings. The molecule has 2 aliphatic rings. The molecule has 0 bridgehead atoms. The summed E-state index contributed by atoms with van der Waals surface area (Å²) in [5.41, 5.74) is 7.56. The maximum absolute atomic E-state index is 12.6.